The second kappa shape index (κ2) is 4.46. The van der Waals surface area contributed by atoms with E-state index in [1.807, 2.05) is 0 Å². The van der Waals surface area contributed by atoms with Gasteiger partial charge >= 0.3 is 5.97 Å². The van der Waals surface area contributed by atoms with E-state index in [0.717, 1.165) is 6.08 Å². The fourth-order valence-electron chi connectivity index (χ4n) is 0.334. The van der Waals surface area contributed by atoms with Gasteiger partial charge in [0.05, 0.1) is 6.10 Å². The zero-order valence-corrected chi connectivity index (χ0v) is 7.08. The molecule has 0 aliphatic carbocycles. The van der Waals surface area contributed by atoms with Crippen molar-refractivity contribution in [1.29, 1.82) is 0 Å². The molecule has 3 nitrogen and oxygen atoms in total. The molecule has 0 fully saturated rings. The second-order valence-electron chi connectivity index (χ2n) is 1.87. The highest BCUT2D eigenvalue weighted by Crippen LogP contribution is 2.04. The smallest absolute Gasteiger partial charge is 0.328 e. The molecule has 2 N–H and O–H groups in total. The predicted molar refractivity (Wildman–Crippen MR) is 41.2 cm³/mol. The highest BCUT2D eigenvalue weighted by Gasteiger charge is 2.05. The third-order valence-electron chi connectivity index (χ3n) is 0.907. The Morgan fingerprint density at radius 3 is 2.50 bits per heavy atom. The van der Waals surface area contributed by atoms with E-state index < -0.39 is 12.1 Å². The van der Waals surface area contributed by atoms with E-state index >= 15 is 0 Å². The third kappa shape index (κ3) is 4.52. The molecule has 2 atom stereocenters. The normalized spacial score (nSPS) is 17.1. The fraction of sp³-hybridized carbons (Fsp3) is 0.500. The van der Waals surface area contributed by atoms with Crippen molar-refractivity contribution in [3.8, 4) is 0 Å². The molecule has 0 spiro atoms. The van der Waals surface area contributed by atoms with Crippen molar-refractivity contribution in [2.24, 2.45) is 0 Å². The fourth-order valence-corrected chi connectivity index (χ4v) is 0.510. The van der Waals surface area contributed by atoms with Crippen LogP contribution in [0.1, 0.15) is 6.92 Å². The van der Waals surface area contributed by atoms with Gasteiger partial charge in [-0.3, -0.25) is 0 Å². The van der Waals surface area contributed by atoms with E-state index in [1.165, 1.54) is 6.08 Å². The average molecular weight is 209 g/mol. The Morgan fingerprint density at radius 1 is 1.70 bits per heavy atom. The molecule has 0 saturated carbocycles. The minimum atomic E-state index is -1.05. The van der Waals surface area contributed by atoms with E-state index in [4.69, 9.17) is 10.2 Å². The van der Waals surface area contributed by atoms with Crippen molar-refractivity contribution in [3.05, 3.63) is 12.2 Å². The van der Waals surface area contributed by atoms with Crippen LogP contribution in [0.5, 0.6) is 0 Å². The van der Waals surface area contributed by atoms with Crippen molar-refractivity contribution < 1.29 is 15.0 Å². The summed E-state index contributed by atoms with van der Waals surface area (Å²) >= 11 is 3.10. The van der Waals surface area contributed by atoms with Crippen LogP contribution < -0.4 is 0 Å². The Bertz CT molecular complexity index is 142. The lowest BCUT2D eigenvalue weighted by molar-refractivity contribution is -0.131. The topological polar surface area (TPSA) is 57.5 Å². The molecule has 58 valence electrons. The number of hydrogen-bond acceptors (Lipinski definition) is 2. The van der Waals surface area contributed by atoms with Gasteiger partial charge in [-0.25, -0.2) is 4.79 Å². The van der Waals surface area contributed by atoms with Crippen molar-refractivity contribution in [2.75, 3.05) is 0 Å². The quantitative estimate of drug-likeness (QED) is 0.533. The molecule has 0 aliphatic heterocycles. The first kappa shape index (κ1) is 9.65. The lowest BCUT2D eigenvalue weighted by atomic mass is 10.2. The number of carbonyl (C=O) groups is 1. The first-order valence-corrected chi connectivity index (χ1v) is 3.69. The van der Waals surface area contributed by atoms with Gasteiger partial charge < -0.3 is 10.2 Å². The van der Waals surface area contributed by atoms with Gasteiger partial charge in [-0.15, -0.1) is 0 Å². The Labute approximate surface area is 67.5 Å². The van der Waals surface area contributed by atoms with E-state index in [9.17, 15) is 4.79 Å². The zero-order chi connectivity index (χ0) is 8.15. The summed E-state index contributed by atoms with van der Waals surface area (Å²) < 4.78 is 0. The summed E-state index contributed by atoms with van der Waals surface area (Å²) in [5, 5.41) is 17.1. The van der Waals surface area contributed by atoms with Crippen LogP contribution in [0, 0.1) is 0 Å². The van der Waals surface area contributed by atoms with Crippen LogP contribution in [0.15, 0.2) is 12.2 Å². The van der Waals surface area contributed by atoms with Crippen LogP contribution in [0.25, 0.3) is 0 Å². The van der Waals surface area contributed by atoms with Crippen LogP contribution in [0.4, 0.5) is 0 Å². The maximum atomic E-state index is 9.91. The molecule has 0 aliphatic rings. The molecule has 0 heterocycles. The van der Waals surface area contributed by atoms with Crippen LogP contribution in [0.2, 0.25) is 0 Å². The highest BCUT2D eigenvalue weighted by atomic mass is 79.9. The summed E-state index contributed by atoms with van der Waals surface area (Å²) in [7, 11) is 0. The number of carboxylic acid groups (broad SMARTS) is 1. The van der Waals surface area contributed by atoms with Gasteiger partial charge in [0.15, 0.2) is 0 Å². The molecule has 0 saturated heterocycles. The summed E-state index contributed by atoms with van der Waals surface area (Å²) in [6.07, 6.45) is 1.40. The summed E-state index contributed by atoms with van der Waals surface area (Å²) in [5.41, 5.74) is 0. The van der Waals surface area contributed by atoms with Crippen molar-refractivity contribution in [2.45, 2.75) is 17.9 Å². The number of alkyl halides is 1. The van der Waals surface area contributed by atoms with Crippen LogP contribution in [-0.2, 0) is 4.79 Å². The van der Waals surface area contributed by atoms with Crippen molar-refractivity contribution in [1.82, 2.24) is 0 Å². The lowest BCUT2D eigenvalue weighted by Crippen LogP contribution is -2.13. The molecule has 0 aromatic rings. The second-order valence-corrected chi connectivity index (χ2v) is 3.31. The van der Waals surface area contributed by atoms with Gasteiger partial charge in [0.2, 0.25) is 0 Å². The molecule has 10 heavy (non-hydrogen) atoms. The monoisotopic (exact) mass is 208 g/mol. The Balaban J connectivity index is 3.77. The van der Waals surface area contributed by atoms with Crippen LogP contribution in [0.3, 0.4) is 0 Å². The Kier molecular flexibility index (Phi) is 4.31. The lowest BCUT2D eigenvalue weighted by Gasteiger charge is -2.05. The molecule has 0 bridgehead atoms. The molecule has 0 aromatic carbocycles. The number of aliphatic hydroxyl groups excluding tert-OH is 1. The molecule has 0 aromatic heterocycles. The van der Waals surface area contributed by atoms with Gasteiger partial charge in [0.1, 0.15) is 0 Å². The number of halogens is 1. The molecular weight excluding hydrogens is 200 g/mol. The first-order valence-electron chi connectivity index (χ1n) is 2.77. The predicted octanol–water partition coefficient (Wildman–Crippen LogP) is 0.771. The largest absolute Gasteiger partial charge is 0.478 e. The van der Waals surface area contributed by atoms with Crippen molar-refractivity contribution in [3.63, 3.8) is 0 Å². The highest BCUT2D eigenvalue weighted by molar-refractivity contribution is 9.09. The third-order valence-corrected chi connectivity index (χ3v) is 1.45. The zero-order valence-electron chi connectivity index (χ0n) is 5.49. The maximum absolute atomic E-state index is 9.91. The van der Waals surface area contributed by atoms with Gasteiger partial charge in [-0.05, 0) is 13.0 Å². The number of carboxylic acids is 1. The number of rotatable bonds is 3. The molecular formula is C6H9BrO3. The van der Waals surface area contributed by atoms with E-state index in [1.54, 1.807) is 6.92 Å². The molecule has 0 rings (SSSR count). The SMILES string of the molecule is CC(Br)C(O)/C=C\C(=O)O. The number of aliphatic hydroxyl groups is 1. The van der Waals surface area contributed by atoms with Crippen LogP contribution in [-0.4, -0.2) is 27.1 Å². The molecule has 2 unspecified atom stereocenters. The summed E-state index contributed by atoms with van der Waals surface area (Å²) in [5.74, 6) is -1.05. The van der Waals surface area contributed by atoms with E-state index in [-0.39, 0.29) is 4.83 Å². The number of aliphatic carboxylic acids is 1. The molecule has 4 heteroatoms. The van der Waals surface area contributed by atoms with E-state index in [2.05, 4.69) is 15.9 Å². The summed E-state index contributed by atoms with van der Waals surface area (Å²) in [6, 6.07) is 0. The minimum Gasteiger partial charge on any atom is -0.478 e. The average Bonchev–Trinajstić information content (AvgIpc) is 1.82. The number of hydrogen-bond donors (Lipinski definition) is 2. The Morgan fingerprint density at radius 2 is 2.20 bits per heavy atom. The molecule has 0 radical (unpaired) electrons. The van der Waals surface area contributed by atoms with Crippen molar-refractivity contribution >= 4 is 21.9 Å². The van der Waals surface area contributed by atoms with Gasteiger partial charge in [-0.2, -0.15) is 0 Å². The minimum absolute atomic E-state index is 0.122. The van der Waals surface area contributed by atoms with Gasteiger partial charge in [-0.1, -0.05) is 15.9 Å². The van der Waals surface area contributed by atoms with Gasteiger partial charge in [0, 0.05) is 10.9 Å². The maximum Gasteiger partial charge on any atom is 0.328 e. The summed E-state index contributed by atoms with van der Waals surface area (Å²) in [6.45, 7) is 1.73. The Hall–Kier alpha value is -0.350. The summed E-state index contributed by atoms with van der Waals surface area (Å²) in [4.78, 5) is 9.79. The van der Waals surface area contributed by atoms with E-state index in [0.29, 0.717) is 0 Å². The van der Waals surface area contributed by atoms with Crippen LogP contribution >= 0.6 is 15.9 Å². The standard InChI is InChI=1S/C6H9BrO3/c1-4(7)5(8)2-3-6(9)10/h2-5,8H,1H3,(H,9,10)/b3-2-. The first-order chi connectivity index (χ1) is 4.54. The molecule has 0 amide bonds. The van der Waals surface area contributed by atoms with Gasteiger partial charge in [0.25, 0.3) is 0 Å².